The molecule has 1 unspecified atom stereocenters. The summed E-state index contributed by atoms with van der Waals surface area (Å²) in [6.45, 7) is 16.0. The lowest BCUT2D eigenvalue weighted by Crippen LogP contribution is -2.53. The van der Waals surface area contributed by atoms with Crippen molar-refractivity contribution in [3.05, 3.63) is 35.4 Å². The molecule has 28 heavy (non-hydrogen) atoms. The van der Waals surface area contributed by atoms with E-state index in [1.54, 1.807) is 5.56 Å². The third-order valence-electron chi connectivity index (χ3n) is 6.19. The summed E-state index contributed by atoms with van der Waals surface area (Å²) in [6, 6.07) is 9.63. The number of fused-ring (bicyclic) bond motifs is 1. The Morgan fingerprint density at radius 1 is 1.14 bits per heavy atom. The van der Waals surface area contributed by atoms with Gasteiger partial charge in [-0.05, 0) is 69.0 Å². The maximum absolute atomic E-state index is 6.34. The molecule has 0 N–H and O–H groups in total. The zero-order chi connectivity index (χ0) is 20.3. The Morgan fingerprint density at radius 2 is 1.86 bits per heavy atom. The molecule has 0 aromatic heterocycles. The highest BCUT2D eigenvalue weighted by molar-refractivity contribution is 14.1. The average Bonchev–Trinajstić information content (AvgIpc) is 2.58. The lowest BCUT2D eigenvalue weighted by Gasteiger charge is -2.44. The van der Waals surface area contributed by atoms with Crippen molar-refractivity contribution in [3.63, 3.8) is 0 Å². The summed E-state index contributed by atoms with van der Waals surface area (Å²) >= 11 is 2.55. The second-order valence-electron chi connectivity index (χ2n) is 10.2. The molecule has 2 aliphatic heterocycles. The molecule has 3 nitrogen and oxygen atoms in total. The predicted octanol–water partition coefficient (Wildman–Crippen LogP) is 5.71. The lowest BCUT2D eigenvalue weighted by atomic mass is 9.89. The molecule has 0 saturated carbocycles. The number of nitrogens with zero attached hydrogens (tertiary/aromatic N) is 2. The van der Waals surface area contributed by atoms with Gasteiger partial charge < -0.3 is 4.74 Å². The maximum Gasteiger partial charge on any atom is 0.0757 e. The van der Waals surface area contributed by atoms with Crippen LogP contribution in [0.5, 0.6) is 0 Å². The second kappa shape index (κ2) is 9.76. The Kier molecular flexibility index (Phi) is 7.85. The molecule has 1 aromatic rings. The van der Waals surface area contributed by atoms with Gasteiger partial charge in [-0.3, -0.25) is 4.90 Å². The van der Waals surface area contributed by atoms with Gasteiger partial charge in [0.2, 0.25) is 0 Å². The van der Waals surface area contributed by atoms with E-state index in [-0.39, 0.29) is 5.60 Å². The minimum Gasteiger partial charge on any atom is -0.370 e. The fraction of sp³-hybridized carbons (Fsp3) is 0.750. The van der Waals surface area contributed by atoms with Gasteiger partial charge in [0.1, 0.15) is 0 Å². The van der Waals surface area contributed by atoms with Crippen molar-refractivity contribution >= 4 is 22.9 Å². The zero-order valence-electron chi connectivity index (χ0n) is 18.5. The number of ether oxygens (including phenoxy) is 1. The first-order chi connectivity index (χ1) is 13.2. The molecule has 1 aromatic carbocycles. The summed E-state index contributed by atoms with van der Waals surface area (Å²) in [7, 11) is 0. The van der Waals surface area contributed by atoms with E-state index in [1.807, 2.05) is 0 Å². The van der Waals surface area contributed by atoms with E-state index in [2.05, 4.69) is 89.8 Å². The van der Waals surface area contributed by atoms with E-state index >= 15 is 0 Å². The highest BCUT2D eigenvalue weighted by atomic mass is 127. The molecular weight excluding hydrogens is 459 g/mol. The number of rotatable bonds is 7. The van der Waals surface area contributed by atoms with Crippen LogP contribution in [0.4, 0.5) is 0 Å². The van der Waals surface area contributed by atoms with Gasteiger partial charge in [0, 0.05) is 48.5 Å². The van der Waals surface area contributed by atoms with E-state index < -0.39 is 0 Å². The van der Waals surface area contributed by atoms with Crippen molar-refractivity contribution in [1.29, 1.82) is 0 Å². The van der Waals surface area contributed by atoms with Gasteiger partial charge >= 0.3 is 0 Å². The summed E-state index contributed by atoms with van der Waals surface area (Å²) in [4.78, 5) is 2.66. The first kappa shape index (κ1) is 22.5. The third kappa shape index (κ3) is 6.41. The molecule has 158 valence electrons. The van der Waals surface area contributed by atoms with Crippen molar-refractivity contribution < 1.29 is 4.74 Å². The van der Waals surface area contributed by atoms with Crippen LogP contribution in [-0.4, -0.2) is 45.4 Å². The molecule has 0 amide bonds. The summed E-state index contributed by atoms with van der Waals surface area (Å²) in [5.41, 5.74) is 3.04. The Bertz CT molecular complexity index is 633. The summed E-state index contributed by atoms with van der Waals surface area (Å²) < 4.78 is 8.88. The Morgan fingerprint density at radius 3 is 2.57 bits per heavy atom. The molecule has 2 heterocycles. The van der Waals surface area contributed by atoms with Gasteiger partial charge in [-0.15, -0.1) is 0 Å². The van der Waals surface area contributed by atoms with Crippen LogP contribution in [-0.2, 0) is 17.7 Å². The Hall–Kier alpha value is -0.170. The van der Waals surface area contributed by atoms with E-state index in [1.165, 1.54) is 37.8 Å². The van der Waals surface area contributed by atoms with Crippen LogP contribution in [0.2, 0.25) is 0 Å². The van der Waals surface area contributed by atoms with Crippen molar-refractivity contribution in [2.24, 2.45) is 11.8 Å². The number of halogens is 1. The van der Waals surface area contributed by atoms with Gasteiger partial charge in [0.15, 0.2) is 0 Å². The van der Waals surface area contributed by atoms with E-state index in [9.17, 15) is 0 Å². The van der Waals surface area contributed by atoms with Crippen LogP contribution in [0.15, 0.2) is 24.3 Å². The van der Waals surface area contributed by atoms with Crippen LogP contribution in [0.3, 0.4) is 0 Å². The fourth-order valence-electron chi connectivity index (χ4n) is 4.97. The molecule has 4 heteroatoms. The largest absolute Gasteiger partial charge is 0.370 e. The van der Waals surface area contributed by atoms with Gasteiger partial charge in [0.25, 0.3) is 0 Å². The molecule has 1 saturated heterocycles. The number of morpholine rings is 1. The number of hydrogen-bond donors (Lipinski definition) is 0. The van der Waals surface area contributed by atoms with Crippen molar-refractivity contribution in [1.82, 2.24) is 8.01 Å². The third-order valence-corrected chi connectivity index (χ3v) is 7.32. The molecule has 0 radical (unpaired) electrons. The first-order valence-corrected chi connectivity index (χ1v) is 12.1. The fourth-order valence-corrected chi connectivity index (χ4v) is 5.77. The quantitative estimate of drug-likeness (QED) is 0.354. The Labute approximate surface area is 186 Å². The topological polar surface area (TPSA) is 15.7 Å². The van der Waals surface area contributed by atoms with Gasteiger partial charge in [-0.2, -0.15) is 0 Å². The smallest absolute Gasteiger partial charge is 0.0757 e. The van der Waals surface area contributed by atoms with Crippen LogP contribution in [0.1, 0.15) is 65.0 Å². The normalized spacial score (nSPS) is 27.0. The minimum absolute atomic E-state index is 0.0207. The first-order valence-electron chi connectivity index (χ1n) is 11.1. The van der Waals surface area contributed by atoms with Crippen LogP contribution in [0.25, 0.3) is 0 Å². The standard InChI is InChI=1S/C24H39IN2O/c1-18(2)12-23-16-26(17-24(4,5)28-23)11-10-19(3)13-22-14-20-8-6-7-9-21(20)15-27(22)25/h6-9,18-19,22-23H,10-17H2,1-5H3/t19?,22-,23-/m0/s1. The molecule has 1 fully saturated rings. The molecule has 0 aliphatic carbocycles. The van der Waals surface area contributed by atoms with Crippen LogP contribution >= 0.6 is 22.9 Å². The summed E-state index contributed by atoms with van der Waals surface area (Å²) in [5, 5.41) is 0. The molecule has 0 spiro atoms. The van der Waals surface area contributed by atoms with Crippen molar-refractivity contribution in [2.45, 2.75) is 84.6 Å². The average molecular weight is 498 g/mol. The van der Waals surface area contributed by atoms with Crippen molar-refractivity contribution in [3.8, 4) is 0 Å². The van der Waals surface area contributed by atoms with E-state index in [0.717, 1.165) is 25.6 Å². The molecule has 3 atom stereocenters. The van der Waals surface area contributed by atoms with Gasteiger partial charge in [0.05, 0.1) is 11.7 Å². The predicted molar refractivity (Wildman–Crippen MR) is 127 cm³/mol. The zero-order valence-corrected chi connectivity index (χ0v) is 20.6. The van der Waals surface area contributed by atoms with Crippen LogP contribution < -0.4 is 0 Å². The molecule has 0 bridgehead atoms. The number of hydrogen-bond acceptors (Lipinski definition) is 3. The molecule has 3 rings (SSSR count). The Balaban J connectivity index is 1.49. The van der Waals surface area contributed by atoms with E-state index in [0.29, 0.717) is 18.1 Å². The SMILES string of the molecule is CC(C)C[C@H]1CN(CCC(C)C[C@H]2Cc3ccccc3CN2I)CC(C)(C)O1. The van der Waals surface area contributed by atoms with Crippen LogP contribution in [0, 0.1) is 11.8 Å². The maximum atomic E-state index is 6.34. The second-order valence-corrected chi connectivity index (χ2v) is 11.4. The highest BCUT2D eigenvalue weighted by Gasteiger charge is 2.33. The van der Waals surface area contributed by atoms with Gasteiger partial charge in [-0.1, -0.05) is 45.0 Å². The molecule has 2 aliphatic rings. The number of benzene rings is 1. The minimum atomic E-state index is -0.0207. The highest BCUT2D eigenvalue weighted by Crippen LogP contribution is 2.31. The van der Waals surface area contributed by atoms with E-state index in [4.69, 9.17) is 4.74 Å². The molecular formula is C24H39IN2O. The summed E-state index contributed by atoms with van der Waals surface area (Å²) in [5.74, 6) is 1.45. The monoisotopic (exact) mass is 498 g/mol. The van der Waals surface area contributed by atoms with Crippen molar-refractivity contribution in [2.75, 3.05) is 19.6 Å². The lowest BCUT2D eigenvalue weighted by molar-refractivity contribution is -0.141. The summed E-state index contributed by atoms with van der Waals surface area (Å²) in [6.07, 6.45) is 5.33. The van der Waals surface area contributed by atoms with Gasteiger partial charge in [-0.25, -0.2) is 3.11 Å².